The number of rotatable bonds is 23. The molecular weight excluding hydrogens is 1000 g/mol. The summed E-state index contributed by atoms with van der Waals surface area (Å²) in [5, 5.41) is 21.9. The maximum atomic E-state index is 13.9. The van der Waals surface area contributed by atoms with Crippen LogP contribution < -0.4 is 21.3 Å². The van der Waals surface area contributed by atoms with Gasteiger partial charge in [0.15, 0.2) is 0 Å². The van der Waals surface area contributed by atoms with Crippen molar-refractivity contribution < 1.29 is 38.4 Å². The second kappa shape index (κ2) is 25.1. The number of carbonyl (C=O) groups excluding carboxylic acids is 3. The van der Waals surface area contributed by atoms with Crippen molar-refractivity contribution in [3.05, 3.63) is 111 Å². The minimum Gasteiger partial charge on any atom is -0.399 e. The predicted octanol–water partition coefficient (Wildman–Crippen LogP) is 7.07. The molecule has 3 aromatic heterocycles. The van der Waals surface area contributed by atoms with Crippen LogP contribution in [0.3, 0.4) is 0 Å². The molecule has 1 saturated heterocycles. The van der Waals surface area contributed by atoms with Crippen LogP contribution in [-0.4, -0.2) is 137 Å². The SMILES string of the molecule is Cc1nc([C@H](C)NC(=O)c2ccc(-c3ccc(N)cc3)cc2)cc(N2[C@H](C(=O)NCCOCCOCCOCCOCCn3cc(-c4cc(Cl)c(Cl)c5[nH]c6c(c45)CN(C(=O)CO)CC6)cn3)C[C@@H]3CCCC[C@@H]32)n1. The van der Waals surface area contributed by atoms with E-state index in [9.17, 15) is 19.5 Å². The molecule has 6 aromatic rings. The van der Waals surface area contributed by atoms with E-state index in [1.165, 1.54) is 0 Å². The summed E-state index contributed by atoms with van der Waals surface area (Å²) in [4.78, 5) is 56.4. The summed E-state index contributed by atoms with van der Waals surface area (Å²) in [6.07, 6.45) is 9.40. The maximum Gasteiger partial charge on any atom is 0.251 e. The van der Waals surface area contributed by atoms with Gasteiger partial charge < -0.3 is 55.2 Å². The lowest BCUT2D eigenvalue weighted by molar-refractivity contribution is -0.135. The number of anilines is 2. The molecule has 20 heteroatoms. The first-order valence-corrected chi connectivity index (χ1v) is 26.6. The van der Waals surface area contributed by atoms with Crippen molar-refractivity contribution in [2.24, 2.45) is 5.92 Å². The van der Waals surface area contributed by atoms with Crippen molar-refractivity contribution >= 4 is 63.3 Å². The number of aromatic amines is 1. The molecule has 2 aliphatic heterocycles. The molecule has 9 rings (SSSR count). The van der Waals surface area contributed by atoms with E-state index in [1.807, 2.05) is 80.7 Å². The van der Waals surface area contributed by atoms with Gasteiger partial charge in [0, 0.05) is 77.8 Å². The lowest BCUT2D eigenvalue weighted by Crippen LogP contribution is -2.48. The van der Waals surface area contributed by atoms with Gasteiger partial charge >= 0.3 is 0 Å². The lowest BCUT2D eigenvalue weighted by atomic mass is 9.84. The number of aryl methyl sites for hydroxylation is 1. The van der Waals surface area contributed by atoms with E-state index in [0.717, 1.165) is 76.5 Å². The normalized spacial score (nSPS) is 17.7. The van der Waals surface area contributed by atoms with Gasteiger partial charge in [-0.3, -0.25) is 19.1 Å². The maximum absolute atomic E-state index is 13.9. The minimum atomic E-state index is -0.536. The number of nitrogen functional groups attached to an aromatic ring is 1. The van der Waals surface area contributed by atoms with Gasteiger partial charge in [0.25, 0.3) is 5.91 Å². The number of fused-ring (bicyclic) bond motifs is 4. The first-order chi connectivity index (χ1) is 36.4. The number of hydrogen-bond acceptors (Lipinski definition) is 13. The number of nitrogens with two attached hydrogens (primary N) is 1. The van der Waals surface area contributed by atoms with Crippen LogP contribution in [0.15, 0.2) is 73.1 Å². The summed E-state index contributed by atoms with van der Waals surface area (Å²) in [7, 11) is 0. The Morgan fingerprint density at radius 3 is 2.28 bits per heavy atom. The number of hydrogen-bond donors (Lipinski definition) is 5. The number of carbonyl (C=O) groups is 3. The van der Waals surface area contributed by atoms with Gasteiger partial charge in [0.1, 0.15) is 24.3 Å². The number of amides is 3. The number of aliphatic hydroxyl groups excluding tert-OH is 1. The van der Waals surface area contributed by atoms with E-state index in [4.69, 9.17) is 57.9 Å². The largest absolute Gasteiger partial charge is 0.399 e. The van der Waals surface area contributed by atoms with Crippen LogP contribution in [0, 0.1) is 12.8 Å². The zero-order valence-electron chi connectivity index (χ0n) is 42.5. The second-order valence-electron chi connectivity index (χ2n) is 19.4. The summed E-state index contributed by atoms with van der Waals surface area (Å²) in [6, 6.07) is 18.3. The summed E-state index contributed by atoms with van der Waals surface area (Å²) in [6.45, 7) is 8.21. The highest BCUT2D eigenvalue weighted by molar-refractivity contribution is 6.45. The van der Waals surface area contributed by atoms with Crippen LogP contribution in [0.2, 0.25) is 10.0 Å². The van der Waals surface area contributed by atoms with Gasteiger partial charge in [-0.15, -0.1) is 0 Å². The molecule has 1 aliphatic carbocycles. The highest BCUT2D eigenvalue weighted by atomic mass is 35.5. The van der Waals surface area contributed by atoms with Crippen molar-refractivity contribution in [2.75, 3.05) is 83.2 Å². The number of nitrogens with one attached hydrogen (secondary N) is 3. The molecule has 0 unspecified atom stereocenters. The molecule has 0 bridgehead atoms. The molecule has 0 spiro atoms. The Balaban J connectivity index is 0.656. The van der Waals surface area contributed by atoms with Crippen LogP contribution in [0.1, 0.15) is 78.2 Å². The van der Waals surface area contributed by atoms with Crippen molar-refractivity contribution in [3.63, 3.8) is 0 Å². The number of benzene rings is 3. The van der Waals surface area contributed by atoms with Crippen LogP contribution in [0.4, 0.5) is 11.5 Å². The third-order valence-corrected chi connectivity index (χ3v) is 15.2. The predicted molar refractivity (Wildman–Crippen MR) is 288 cm³/mol. The molecule has 5 heterocycles. The lowest BCUT2D eigenvalue weighted by Gasteiger charge is -2.35. The van der Waals surface area contributed by atoms with Gasteiger partial charge in [0.05, 0.1) is 92.9 Å². The van der Waals surface area contributed by atoms with Gasteiger partial charge in [0.2, 0.25) is 11.8 Å². The summed E-state index contributed by atoms with van der Waals surface area (Å²) in [5.41, 5.74) is 14.2. The Morgan fingerprint density at radius 1 is 0.880 bits per heavy atom. The van der Waals surface area contributed by atoms with Crippen molar-refractivity contribution in [1.29, 1.82) is 0 Å². The van der Waals surface area contributed by atoms with Crippen molar-refractivity contribution in [2.45, 2.75) is 83.6 Å². The number of aliphatic hydroxyl groups is 1. The Hall–Kier alpha value is -6.12. The molecule has 6 N–H and O–H groups in total. The molecule has 2 fully saturated rings. The number of aromatic nitrogens is 5. The molecule has 75 heavy (non-hydrogen) atoms. The first-order valence-electron chi connectivity index (χ1n) is 25.9. The third-order valence-electron chi connectivity index (χ3n) is 14.4. The second-order valence-corrected chi connectivity index (χ2v) is 20.2. The third kappa shape index (κ3) is 12.9. The average Bonchev–Trinajstić information content (AvgIpc) is 4.17. The topological polar surface area (TPSA) is 224 Å². The summed E-state index contributed by atoms with van der Waals surface area (Å²) >= 11 is 13.2. The smallest absolute Gasteiger partial charge is 0.251 e. The molecule has 398 valence electrons. The highest BCUT2D eigenvalue weighted by Gasteiger charge is 2.46. The highest BCUT2D eigenvalue weighted by Crippen LogP contribution is 2.44. The number of halogens is 2. The van der Waals surface area contributed by atoms with Crippen molar-refractivity contribution in [1.82, 2.24) is 40.3 Å². The molecule has 0 radical (unpaired) electrons. The van der Waals surface area contributed by atoms with E-state index in [2.05, 4.69) is 25.6 Å². The fourth-order valence-corrected chi connectivity index (χ4v) is 11.0. The van der Waals surface area contributed by atoms with Gasteiger partial charge in [-0.25, -0.2) is 9.97 Å². The van der Waals surface area contributed by atoms with Crippen LogP contribution in [-0.2, 0) is 48.0 Å². The fraction of sp³-hybridized carbons (Fsp3) is 0.455. The molecule has 4 atom stereocenters. The summed E-state index contributed by atoms with van der Waals surface area (Å²) < 4.78 is 24.8. The van der Waals surface area contributed by atoms with Crippen LogP contribution >= 0.6 is 23.2 Å². The van der Waals surface area contributed by atoms with Gasteiger partial charge in [-0.2, -0.15) is 5.10 Å². The Morgan fingerprint density at radius 2 is 1.56 bits per heavy atom. The molecule has 3 aromatic carbocycles. The Bertz CT molecular complexity index is 2930. The van der Waals surface area contributed by atoms with Gasteiger partial charge in [-0.1, -0.05) is 60.3 Å². The molecule has 3 amide bonds. The van der Waals surface area contributed by atoms with Crippen LogP contribution in [0.5, 0.6) is 0 Å². The number of ether oxygens (including phenoxy) is 4. The standard InChI is InChI=1S/C55H66Cl2N10O8/c1-34(61-54(70)38-9-7-36(8-10-38)37-11-13-41(58)14-12-37)46-29-49(63-35(2)62-46)67-47-6-4-3-5-39(47)27-48(67)55(71)59-16-19-72-21-23-74-25-26-75-24-22-73-20-18-66-31-40(30-60-66)42-28-44(56)52(57)53-51(42)43-32-65(50(69)33-68)17-15-45(43)64-53/h7-14,28-31,34,39,47-48,64,68H,3-6,15-27,32-33,58H2,1-2H3,(H,59,71)(H,61,70)/t34-,39-,47-,48-/m0/s1. The Kier molecular flexibility index (Phi) is 18.0. The zero-order chi connectivity index (χ0) is 52.4. The van der Waals surface area contributed by atoms with Crippen molar-refractivity contribution in [3.8, 4) is 22.3 Å². The zero-order valence-corrected chi connectivity index (χ0v) is 44.0. The molecule has 18 nitrogen and oxygen atoms in total. The van der Waals surface area contributed by atoms with E-state index in [1.54, 1.807) is 15.8 Å². The van der Waals surface area contributed by atoms with E-state index >= 15 is 0 Å². The van der Waals surface area contributed by atoms with Crippen LogP contribution in [0.25, 0.3) is 33.2 Å². The van der Waals surface area contributed by atoms with E-state index in [0.29, 0.717) is 130 Å². The molecule has 3 aliphatic rings. The number of H-pyrrole nitrogens is 1. The minimum absolute atomic E-state index is 0.0482. The number of nitrogens with zero attached hydrogens (tertiary/aromatic N) is 6. The van der Waals surface area contributed by atoms with E-state index in [-0.39, 0.29) is 29.8 Å². The van der Waals surface area contributed by atoms with E-state index < -0.39 is 12.6 Å². The quantitative estimate of drug-likeness (QED) is 0.0320. The Labute approximate surface area is 446 Å². The fourth-order valence-electron chi connectivity index (χ4n) is 10.6. The molecular formula is C55H66Cl2N10O8. The summed E-state index contributed by atoms with van der Waals surface area (Å²) in [5.74, 6) is 1.11. The van der Waals surface area contributed by atoms with Gasteiger partial charge in [-0.05, 0) is 86.1 Å². The average molecular weight is 1070 g/mol. The monoisotopic (exact) mass is 1060 g/mol. The first kappa shape index (κ1) is 53.7. The molecule has 1 saturated carbocycles.